The van der Waals surface area contributed by atoms with E-state index < -0.39 is 6.04 Å². The number of nitrogens with one attached hydrogen (secondary N) is 1. The summed E-state index contributed by atoms with van der Waals surface area (Å²) in [5.41, 5.74) is 6.55. The molecule has 0 saturated carbocycles. The average Bonchev–Trinajstić information content (AvgIpc) is 2.86. The van der Waals surface area contributed by atoms with Crippen LogP contribution in [0.1, 0.15) is 13.8 Å². The summed E-state index contributed by atoms with van der Waals surface area (Å²) in [6.45, 7) is 3.74. The summed E-state index contributed by atoms with van der Waals surface area (Å²) in [6, 6.07) is 5.68. The minimum Gasteiger partial charge on any atom is -0.322 e. The predicted molar refractivity (Wildman–Crippen MR) is 82.2 cm³/mol. The van der Waals surface area contributed by atoms with Crippen LogP contribution in [0.3, 0.4) is 0 Å². The van der Waals surface area contributed by atoms with Gasteiger partial charge in [0.2, 0.25) is 5.91 Å². The SMILES string of the molecule is CC(C)[C@H](N)C(=O)Nc1cnn(-c2ccccc2F)c1.Cl. The van der Waals surface area contributed by atoms with E-state index in [0.29, 0.717) is 11.4 Å². The number of hydrogen-bond acceptors (Lipinski definition) is 3. The van der Waals surface area contributed by atoms with Crippen LogP contribution < -0.4 is 11.1 Å². The van der Waals surface area contributed by atoms with Gasteiger partial charge < -0.3 is 11.1 Å². The Balaban J connectivity index is 0.00000220. The second-order valence-corrected chi connectivity index (χ2v) is 4.88. The predicted octanol–water partition coefficient (Wildman–Crippen LogP) is 2.35. The van der Waals surface area contributed by atoms with E-state index in [2.05, 4.69) is 10.4 Å². The third kappa shape index (κ3) is 4.03. The number of halogens is 2. The molecule has 0 spiro atoms. The Morgan fingerprint density at radius 3 is 2.67 bits per heavy atom. The number of benzene rings is 1. The molecule has 0 aliphatic carbocycles. The molecule has 2 rings (SSSR count). The molecule has 0 unspecified atom stereocenters. The number of nitrogens with zero attached hydrogens (tertiary/aromatic N) is 2. The number of carbonyl (C=O) groups excluding carboxylic acids is 1. The molecular formula is C14H18ClFN4O. The molecular weight excluding hydrogens is 295 g/mol. The first-order chi connectivity index (χ1) is 9.49. The van der Waals surface area contributed by atoms with Crippen molar-refractivity contribution in [3.8, 4) is 5.69 Å². The first-order valence-corrected chi connectivity index (χ1v) is 6.35. The summed E-state index contributed by atoms with van der Waals surface area (Å²) in [7, 11) is 0. The fourth-order valence-electron chi connectivity index (χ4n) is 1.68. The van der Waals surface area contributed by atoms with Gasteiger partial charge in [-0.15, -0.1) is 12.4 Å². The Morgan fingerprint density at radius 1 is 1.38 bits per heavy atom. The van der Waals surface area contributed by atoms with Gasteiger partial charge in [0.25, 0.3) is 0 Å². The van der Waals surface area contributed by atoms with Crippen molar-refractivity contribution in [1.82, 2.24) is 9.78 Å². The zero-order valence-electron chi connectivity index (χ0n) is 11.8. The number of amides is 1. The molecule has 21 heavy (non-hydrogen) atoms. The first-order valence-electron chi connectivity index (χ1n) is 6.35. The zero-order chi connectivity index (χ0) is 14.7. The van der Waals surface area contributed by atoms with Crippen molar-refractivity contribution in [2.24, 2.45) is 11.7 Å². The van der Waals surface area contributed by atoms with E-state index in [1.807, 2.05) is 13.8 Å². The van der Waals surface area contributed by atoms with Crippen molar-refractivity contribution < 1.29 is 9.18 Å². The number of hydrogen-bond donors (Lipinski definition) is 2. The van der Waals surface area contributed by atoms with Crippen LogP contribution >= 0.6 is 12.4 Å². The fourth-order valence-corrected chi connectivity index (χ4v) is 1.68. The molecule has 0 radical (unpaired) electrons. The molecule has 0 bridgehead atoms. The lowest BCUT2D eigenvalue weighted by molar-refractivity contribution is -0.118. The molecule has 0 fully saturated rings. The molecule has 1 heterocycles. The van der Waals surface area contributed by atoms with Crippen molar-refractivity contribution in [3.05, 3.63) is 42.5 Å². The average molecular weight is 313 g/mol. The van der Waals surface area contributed by atoms with Crippen molar-refractivity contribution in [3.63, 3.8) is 0 Å². The Morgan fingerprint density at radius 2 is 2.05 bits per heavy atom. The van der Waals surface area contributed by atoms with E-state index in [4.69, 9.17) is 5.73 Å². The summed E-state index contributed by atoms with van der Waals surface area (Å²) >= 11 is 0. The smallest absolute Gasteiger partial charge is 0.241 e. The van der Waals surface area contributed by atoms with E-state index in [1.54, 1.807) is 24.4 Å². The molecule has 3 N–H and O–H groups in total. The van der Waals surface area contributed by atoms with Gasteiger partial charge in [-0.2, -0.15) is 5.10 Å². The number of aromatic nitrogens is 2. The van der Waals surface area contributed by atoms with Crippen LogP contribution in [-0.4, -0.2) is 21.7 Å². The van der Waals surface area contributed by atoms with Gasteiger partial charge in [-0.25, -0.2) is 9.07 Å². The summed E-state index contributed by atoms with van der Waals surface area (Å²) in [6.07, 6.45) is 3.00. The van der Waals surface area contributed by atoms with Crippen LogP contribution in [0.5, 0.6) is 0 Å². The second kappa shape index (κ2) is 7.19. The topological polar surface area (TPSA) is 72.9 Å². The molecule has 1 aromatic carbocycles. The lowest BCUT2D eigenvalue weighted by atomic mass is 10.1. The number of carbonyl (C=O) groups is 1. The van der Waals surface area contributed by atoms with Gasteiger partial charge in [0.1, 0.15) is 11.5 Å². The number of nitrogens with two attached hydrogens (primary N) is 1. The van der Waals surface area contributed by atoms with E-state index >= 15 is 0 Å². The van der Waals surface area contributed by atoms with Crippen molar-refractivity contribution in [2.75, 3.05) is 5.32 Å². The summed E-state index contributed by atoms with van der Waals surface area (Å²) < 4.78 is 15.0. The third-order valence-electron chi connectivity index (χ3n) is 2.97. The van der Waals surface area contributed by atoms with Crippen LogP contribution in [0.2, 0.25) is 0 Å². The first kappa shape index (κ1) is 17.1. The molecule has 114 valence electrons. The van der Waals surface area contributed by atoms with Crippen LogP contribution in [0.4, 0.5) is 10.1 Å². The highest BCUT2D eigenvalue weighted by Crippen LogP contribution is 2.15. The normalized spacial score (nSPS) is 11.9. The van der Waals surface area contributed by atoms with Crippen LogP contribution in [0.25, 0.3) is 5.69 Å². The minimum absolute atomic E-state index is 0. The van der Waals surface area contributed by atoms with Crippen molar-refractivity contribution >= 4 is 24.0 Å². The highest BCUT2D eigenvalue weighted by atomic mass is 35.5. The molecule has 1 aromatic heterocycles. The maximum Gasteiger partial charge on any atom is 0.241 e. The minimum atomic E-state index is -0.591. The summed E-state index contributed by atoms with van der Waals surface area (Å²) in [4.78, 5) is 11.8. The largest absolute Gasteiger partial charge is 0.322 e. The molecule has 1 atom stereocenters. The Hall–Kier alpha value is -1.92. The van der Waals surface area contributed by atoms with Gasteiger partial charge in [-0.05, 0) is 18.1 Å². The molecule has 0 saturated heterocycles. The number of anilines is 1. The fraction of sp³-hybridized carbons (Fsp3) is 0.286. The second-order valence-electron chi connectivity index (χ2n) is 4.88. The van der Waals surface area contributed by atoms with Crippen LogP contribution in [0.15, 0.2) is 36.7 Å². The highest BCUT2D eigenvalue weighted by molar-refractivity contribution is 5.94. The van der Waals surface area contributed by atoms with E-state index in [-0.39, 0.29) is 30.0 Å². The Labute approximate surface area is 128 Å². The lowest BCUT2D eigenvalue weighted by Crippen LogP contribution is -2.39. The standard InChI is InChI=1S/C14H17FN4O.ClH/c1-9(2)13(16)14(20)18-10-7-17-19(8-10)12-6-4-3-5-11(12)15;/h3-9,13H,16H2,1-2H3,(H,18,20);1H/t13-;/m0./s1. The van der Waals surface area contributed by atoms with Gasteiger partial charge in [-0.1, -0.05) is 26.0 Å². The molecule has 0 aliphatic heterocycles. The summed E-state index contributed by atoms with van der Waals surface area (Å²) in [5.74, 6) is -0.628. The Bertz CT molecular complexity index is 615. The number of rotatable bonds is 4. The highest BCUT2D eigenvalue weighted by Gasteiger charge is 2.18. The van der Waals surface area contributed by atoms with Gasteiger partial charge in [0.05, 0.1) is 24.1 Å². The van der Waals surface area contributed by atoms with Gasteiger partial charge in [-0.3, -0.25) is 4.79 Å². The van der Waals surface area contributed by atoms with Gasteiger partial charge >= 0.3 is 0 Å². The monoisotopic (exact) mass is 312 g/mol. The molecule has 1 amide bonds. The maximum atomic E-state index is 13.6. The molecule has 0 aliphatic rings. The van der Waals surface area contributed by atoms with Gasteiger partial charge in [0, 0.05) is 0 Å². The molecule has 7 heteroatoms. The lowest BCUT2D eigenvalue weighted by Gasteiger charge is -2.14. The van der Waals surface area contributed by atoms with Crippen molar-refractivity contribution in [2.45, 2.75) is 19.9 Å². The van der Waals surface area contributed by atoms with E-state index in [1.165, 1.54) is 16.9 Å². The number of para-hydroxylation sites is 1. The third-order valence-corrected chi connectivity index (χ3v) is 2.97. The summed E-state index contributed by atoms with van der Waals surface area (Å²) in [5, 5.41) is 6.69. The van der Waals surface area contributed by atoms with Crippen molar-refractivity contribution in [1.29, 1.82) is 0 Å². The van der Waals surface area contributed by atoms with Gasteiger partial charge in [0.15, 0.2) is 0 Å². The quantitative estimate of drug-likeness (QED) is 0.910. The van der Waals surface area contributed by atoms with E-state index in [9.17, 15) is 9.18 Å². The Kier molecular flexibility index (Phi) is 5.87. The van der Waals surface area contributed by atoms with E-state index in [0.717, 1.165) is 0 Å². The van der Waals surface area contributed by atoms with Crippen LogP contribution in [-0.2, 0) is 4.79 Å². The zero-order valence-corrected chi connectivity index (χ0v) is 12.6. The van der Waals surface area contributed by atoms with Crippen LogP contribution in [0, 0.1) is 11.7 Å². The molecule has 5 nitrogen and oxygen atoms in total. The molecule has 2 aromatic rings. The maximum absolute atomic E-state index is 13.6.